The molecule has 1 fully saturated rings. The first-order valence-corrected chi connectivity index (χ1v) is 8.84. The highest BCUT2D eigenvalue weighted by Crippen LogP contribution is 2.27. The van der Waals surface area contributed by atoms with Gasteiger partial charge in [-0.25, -0.2) is 4.98 Å². The van der Waals surface area contributed by atoms with Gasteiger partial charge in [0, 0.05) is 44.4 Å². The number of aromatic amines is 1. The fourth-order valence-corrected chi connectivity index (χ4v) is 3.74. The molecule has 5 heteroatoms. The molecule has 3 heterocycles. The van der Waals surface area contributed by atoms with E-state index in [9.17, 15) is 0 Å². The summed E-state index contributed by atoms with van der Waals surface area (Å²) in [6.07, 6.45) is 5.40. The fraction of sp³-hybridized carbons (Fsp3) is 0.474. The Bertz CT molecular complexity index is 831. The maximum atomic E-state index is 4.84. The van der Waals surface area contributed by atoms with E-state index in [4.69, 9.17) is 4.98 Å². The minimum atomic E-state index is 0.512. The highest BCUT2D eigenvalue weighted by Gasteiger charge is 2.23. The molecule has 1 atom stereocenters. The van der Waals surface area contributed by atoms with Gasteiger partial charge in [0.05, 0.1) is 11.0 Å². The number of hydrogen-bond acceptors (Lipinski definition) is 3. The van der Waals surface area contributed by atoms with Crippen molar-refractivity contribution in [2.75, 3.05) is 19.6 Å². The lowest BCUT2D eigenvalue weighted by Gasteiger charge is -2.31. The molecule has 0 saturated carbocycles. The number of benzene rings is 1. The lowest BCUT2D eigenvalue weighted by Crippen LogP contribution is -2.36. The lowest BCUT2D eigenvalue weighted by atomic mass is 9.97. The number of aryl methyl sites for hydroxylation is 2. The summed E-state index contributed by atoms with van der Waals surface area (Å²) < 4.78 is 1.98. The van der Waals surface area contributed by atoms with Gasteiger partial charge in [0.1, 0.15) is 5.82 Å². The lowest BCUT2D eigenvalue weighted by molar-refractivity contribution is 0.206. The summed E-state index contributed by atoms with van der Waals surface area (Å²) in [6.45, 7) is 5.50. The van der Waals surface area contributed by atoms with Gasteiger partial charge in [-0.3, -0.25) is 4.68 Å². The van der Waals surface area contributed by atoms with Crippen LogP contribution < -0.4 is 0 Å². The summed E-state index contributed by atoms with van der Waals surface area (Å²) in [7, 11) is 2.02. The second-order valence-corrected chi connectivity index (χ2v) is 6.98. The molecule has 0 radical (unpaired) electrons. The molecule has 5 nitrogen and oxygen atoms in total. The summed E-state index contributed by atoms with van der Waals surface area (Å²) >= 11 is 0. The first-order chi connectivity index (χ1) is 11.7. The molecule has 0 aliphatic carbocycles. The van der Waals surface area contributed by atoms with E-state index in [2.05, 4.69) is 46.2 Å². The van der Waals surface area contributed by atoms with Gasteiger partial charge in [0.15, 0.2) is 0 Å². The third-order valence-electron chi connectivity index (χ3n) is 5.15. The number of fused-ring (bicyclic) bond motifs is 1. The second kappa shape index (κ2) is 6.40. The van der Waals surface area contributed by atoms with Crippen molar-refractivity contribution in [3.8, 4) is 0 Å². The molecule has 1 aliphatic rings. The summed E-state index contributed by atoms with van der Waals surface area (Å²) in [4.78, 5) is 11.0. The van der Waals surface area contributed by atoms with E-state index in [-0.39, 0.29) is 0 Å². The quantitative estimate of drug-likeness (QED) is 0.803. The molecule has 0 unspecified atom stereocenters. The zero-order valence-electron chi connectivity index (χ0n) is 14.5. The number of rotatable bonds is 4. The van der Waals surface area contributed by atoms with Gasteiger partial charge >= 0.3 is 0 Å². The van der Waals surface area contributed by atoms with Gasteiger partial charge in [-0.1, -0.05) is 6.07 Å². The average molecular weight is 323 g/mol. The molecule has 126 valence electrons. The van der Waals surface area contributed by atoms with Crippen LogP contribution in [0.2, 0.25) is 0 Å². The van der Waals surface area contributed by atoms with Crippen LogP contribution in [-0.4, -0.2) is 44.3 Å². The molecule has 1 N–H and O–H groups in total. The van der Waals surface area contributed by atoms with Crippen LogP contribution in [-0.2, 0) is 13.5 Å². The highest BCUT2D eigenvalue weighted by atomic mass is 15.3. The molecule has 1 aliphatic heterocycles. The molecular formula is C19H25N5. The smallest absolute Gasteiger partial charge is 0.111 e. The van der Waals surface area contributed by atoms with Gasteiger partial charge in [-0.05, 0) is 50.1 Å². The molecule has 24 heavy (non-hydrogen) atoms. The maximum Gasteiger partial charge on any atom is 0.111 e. The predicted molar refractivity (Wildman–Crippen MR) is 96.2 cm³/mol. The number of aromatic nitrogens is 4. The Kier molecular flexibility index (Phi) is 4.10. The van der Waals surface area contributed by atoms with Crippen molar-refractivity contribution in [3.05, 3.63) is 47.5 Å². The largest absolute Gasteiger partial charge is 0.342 e. The molecule has 1 saturated heterocycles. The zero-order chi connectivity index (χ0) is 16.5. The number of likely N-dealkylation sites (tertiary alicyclic amines) is 1. The molecule has 4 rings (SSSR count). The average Bonchev–Trinajstić information content (AvgIpc) is 3.19. The zero-order valence-corrected chi connectivity index (χ0v) is 14.5. The van der Waals surface area contributed by atoms with Gasteiger partial charge in [0.2, 0.25) is 0 Å². The van der Waals surface area contributed by atoms with E-state index >= 15 is 0 Å². The Morgan fingerprint density at radius 2 is 2.21 bits per heavy atom. The second-order valence-electron chi connectivity index (χ2n) is 6.98. The molecular weight excluding hydrogens is 298 g/mol. The maximum absolute atomic E-state index is 4.84. The molecule has 1 aromatic carbocycles. The number of nitrogens with one attached hydrogen (secondary N) is 1. The van der Waals surface area contributed by atoms with Crippen LogP contribution >= 0.6 is 0 Å². The van der Waals surface area contributed by atoms with Gasteiger partial charge in [0.25, 0.3) is 0 Å². The standard InChI is InChI=1S/C19H25N5/c1-14-5-6-17-18(12-14)22-19(21-17)15-4-3-10-24(13-15)11-8-16-7-9-20-23(16)2/h5-7,9,12,15H,3-4,8,10-11,13H2,1-2H3,(H,21,22)/t15-/m0/s1. The van der Waals surface area contributed by atoms with Crippen molar-refractivity contribution in [2.45, 2.75) is 32.1 Å². The Hall–Kier alpha value is -2.14. The summed E-state index contributed by atoms with van der Waals surface area (Å²) in [5.74, 6) is 1.67. The topological polar surface area (TPSA) is 49.7 Å². The van der Waals surface area contributed by atoms with Crippen LogP contribution in [0.15, 0.2) is 30.5 Å². The molecule has 0 bridgehead atoms. The van der Waals surface area contributed by atoms with E-state index < -0.39 is 0 Å². The Labute approximate surface area is 142 Å². The Morgan fingerprint density at radius 3 is 3.04 bits per heavy atom. The summed E-state index contributed by atoms with van der Waals surface area (Å²) in [5, 5.41) is 4.26. The van der Waals surface area contributed by atoms with E-state index in [0.29, 0.717) is 5.92 Å². The van der Waals surface area contributed by atoms with Crippen molar-refractivity contribution in [2.24, 2.45) is 7.05 Å². The first kappa shape index (κ1) is 15.4. The molecule has 2 aromatic heterocycles. The van der Waals surface area contributed by atoms with Crippen molar-refractivity contribution in [1.29, 1.82) is 0 Å². The number of piperidine rings is 1. The van der Waals surface area contributed by atoms with Crippen LogP contribution in [0.25, 0.3) is 11.0 Å². The van der Waals surface area contributed by atoms with Gasteiger partial charge in [-0.15, -0.1) is 0 Å². The number of nitrogens with zero attached hydrogens (tertiary/aromatic N) is 4. The van der Waals surface area contributed by atoms with Gasteiger partial charge < -0.3 is 9.88 Å². The van der Waals surface area contributed by atoms with Gasteiger partial charge in [-0.2, -0.15) is 5.10 Å². The Morgan fingerprint density at radius 1 is 1.29 bits per heavy atom. The first-order valence-electron chi connectivity index (χ1n) is 8.84. The SMILES string of the molecule is Cc1ccc2nc([C@H]3CCCN(CCc4ccnn4C)C3)[nH]c2c1. The third kappa shape index (κ3) is 3.08. The number of H-pyrrole nitrogens is 1. The monoisotopic (exact) mass is 323 g/mol. The Balaban J connectivity index is 1.44. The number of hydrogen-bond donors (Lipinski definition) is 1. The fourth-order valence-electron chi connectivity index (χ4n) is 3.74. The van der Waals surface area contributed by atoms with Crippen LogP contribution in [0, 0.1) is 6.92 Å². The predicted octanol–water partition coefficient (Wildman–Crippen LogP) is 3.03. The highest BCUT2D eigenvalue weighted by molar-refractivity contribution is 5.75. The van der Waals surface area contributed by atoms with E-state index in [1.54, 1.807) is 0 Å². The van der Waals surface area contributed by atoms with Crippen molar-refractivity contribution < 1.29 is 0 Å². The van der Waals surface area contributed by atoms with Crippen LogP contribution in [0.5, 0.6) is 0 Å². The normalized spacial score (nSPS) is 19.2. The molecule has 3 aromatic rings. The summed E-state index contributed by atoms with van der Waals surface area (Å²) in [6, 6.07) is 8.56. The van der Waals surface area contributed by atoms with Crippen molar-refractivity contribution in [1.82, 2.24) is 24.6 Å². The van der Waals surface area contributed by atoms with Crippen LogP contribution in [0.3, 0.4) is 0 Å². The van der Waals surface area contributed by atoms with E-state index in [1.165, 1.54) is 30.6 Å². The number of imidazole rings is 1. The van der Waals surface area contributed by atoms with E-state index in [1.807, 2.05) is 17.9 Å². The van der Waals surface area contributed by atoms with Crippen molar-refractivity contribution >= 4 is 11.0 Å². The van der Waals surface area contributed by atoms with Crippen LogP contribution in [0.4, 0.5) is 0 Å². The van der Waals surface area contributed by atoms with Crippen LogP contribution in [0.1, 0.15) is 35.8 Å². The summed E-state index contributed by atoms with van der Waals surface area (Å²) in [5.41, 5.74) is 4.83. The van der Waals surface area contributed by atoms with Crippen molar-refractivity contribution in [3.63, 3.8) is 0 Å². The molecule has 0 spiro atoms. The minimum absolute atomic E-state index is 0.512. The third-order valence-corrected chi connectivity index (χ3v) is 5.15. The minimum Gasteiger partial charge on any atom is -0.342 e. The van der Waals surface area contributed by atoms with E-state index in [0.717, 1.165) is 36.4 Å². The molecule has 0 amide bonds.